The van der Waals surface area contributed by atoms with Crippen LogP contribution in [0.25, 0.3) is 0 Å². The zero-order valence-corrected chi connectivity index (χ0v) is 15.1. The van der Waals surface area contributed by atoms with Crippen LogP contribution in [0.4, 0.5) is 5.69 Å². The predicted octanol–water partition coefficient (Wildman–Crippen LogP) is 1.84. The number of rotatable bonds is 2. The molecule has 1 aromatic carbocycles. The second kappa shape index (κ2) is 7.62. The molecule has 0 spiro atoms. The molecular formula is C15H15Cl2N5O3. The van der Waals surface area contributed by atoms with Crippen LogP contribution in [0.15, 0.2) is 28.2 Å². The van der Waals surface area contributed by atoms with E-state index in [2.05, 4.69) is 20.6 Å². The normalized spacial score (nSPS) is 16.6. The molecular weight excluding hydrogens is 369 g/mol. The van der Waals surface area contributed by atoms with E-state index in [4.69, 9.17) is 23.2 Å². The first-order valence-electron chi connectivity index (χ1n) is 7.23. The summed E-state index contributed by atoms with van der Waals surface area (Å²) in [5.74, 6) is -2.08. The number of benzene rings is 1. The molecule has 132 valence electrons. The van der Waals surface area contributed by atoms with Crippen molar-refractivity contribution in [3.63, 3.8) is 0 Å². The molecule has 3 amide bonds. The highest BCUT2D eigenvalue weighted by Crippen LogP contribution is 2.26. The quantitative estimate of drug-likeness (QED) is 0.462. The van der Waals surface area contributed by atoms with E-state index in [1.807, 2.05) is 0 Å². The van der Waals surface area contributed by atoms with E-state index in [9.17, 15) is 14.4 Å². The lowest BCUT2D eigenvalue weighted by atomic mass is 10.3. The summed E-state index contributed by atoms with van der Waals surface area (Å²) < 4.78 is 0. The number of hydrogen-bond acceptors (Lipinski definition) is 4. The van der Waals surface area contributed by atoms with Gasteiger partial charge in [-0.05, 0) is 32.0 Å². The number of guanidine groups is 2. The first kappa shape index (κ1) is 18.9. The van der Waals surface area contributed by atoms with Crippen LogP contribution in [0.5, 0.6) is 0 Å². The van der Waals surface area contributed by atoms with E-state index >= 15 is 0 Å². The van der Waals surface area contributed by atoms with Gasteiger partial charge in [0.15, 0.2) is 0 Å². The van der Waals surface area contributed by atoms with Crippen molar-refractivity contribution < 1.29 is 14.4 Å². The Hall–Kier alpha value is -2.45. The average molecular weight is 384 g/mol. The fourth-order valence-electron chi connectivity index (χ4n) is 2.00. The summed E-state index contributed by atoms with van der Waals surface area (Å²) in [5.41, 5.74) is 0.384. The van der Waals surface area contributed by atoms with Gasteiger partial charge in [-0.15, -0.1) is 0 Å². The molecule has 10 heteroatoms. The van der Waals surface area contributed by atoms with Gasteiger partial charge in [0.25, 0.3) is 0 Å². The number of aliphatic imine (C=N–C) groups is 2. The Labute approximate surface area is 153 Å². The zero-order chi connectivity index (χ0) is 18.7. The molecule has 0 bridgehead atoms. The highest BCUT2D eigenvalue weighted by molar-refractivity contribution is 6.46. The number of nitrogens with one attached hydrogen (secondary N) is 2. The SMILES string of the molecule is CC(=O)NC(=Nc1ccc(Cl)c(Cl)c1)N=C1NC(=O)C(=O)N1C(C)C. The molecule has 1 aliphatic rings. The van der Waals surface area contributed by atoms with Crippen molar-refractivity contribution in [1.29, 1.82) is 0 Å². The van der Waals surface area contributed by atoms with Crippen LogP contribution in [0.3, 0.4) is 0 Å². The Kier molecular flexibility index (Phi) is 5.76. The topological polar surface area (TPSA) is 103 Å². The largest absolute Gasteiger partial charge is 0.319 e. The van der Waals surface area contributed by atoms with E-state index < -0.39 is 17.7 Å². The maximum absolute atomic E-state index is 11.9. The van der Waals surface area contributed by atoms with Crippen LogP contribution in [-0.2, 0) is 14.4 Å². The second-order valence-corrected chi connectivity index (χ2v) is 6.19. The van der Waals surface area contributed by atoms with Crippen molar-refractivity contribution in [1.82, 2.24) is 15.5 Å². The molecule has 0 saturated carbocycles. The molecule has 1 heterocycles. The number of amides is 3. The molecule has 0 aromatic heterocycles. The van der Waals surface area contributed by atoms with Crippen LogP contribution >= 0.6 is 23.2 Å². The van der Waals surface area contributed by atoms with Crippen LogP contribution in [-0.4, -0.2) is 40.6 Å². The van der Waals surface area contributed by atoms with Crippen LogP contribution in [0, 0.1) is 0 Å². The zero-order valence-electron chi connectivity index (χ0n) is 13.6. The number of carbonyl (C=O) groups excluding carboxylic acids is 3. The van der Waals surface area contributed by atoms with Gasteiger partial charge in [0.1, 0.15) is 0 Å². The van der Waals surface area contributed by atoms with Crippen molar-refractivity contribution in [2.45, 2.75) is 26.8 Å². The van der Waals surface area contributed by atoms with Gasteiger partial charge in [-0.1, -0.05) is 23.2 Å². The summed E-state index contributed by atoms with van der Waals surface area (Å²) in [6, 6.07) is 4.30. The minimum Gasteiger partial charge on any atom is -0.295 e. The van der Waals surface area contributed by atoms with E-state index in [1.165, 1.54) is 17.9 Å². The molecule has 2 N–H and O–H groups in total. The summed E-state index contributed by atoms with van der Waals surface area (Å²) in [4.78, 5) is 44.3. The van der Waals surface area contributed by atoms with Gasteiger partial charge in [-0.2, -0.15) is 4.99 Å². The molecule has 0 unspecified atom stereocenters. The highest BCUT2D eigenvalue weighted by Gasteiger charge is 2.37. The van der Waals surface area contributed by atoms with Crippen LogP contribution in [0.2, 0.25) is 10.0 Å². The summed E-state index contributed by atoms with van der Waals surface area (Å²) in [6.45, 7) is 4.73. The number of halogens is 2. The third-order valence-electron chi connectivity index (χ3n) is 3.02. The minimum absolute atomic E-state index is 0.0161. The van der Waals surface area contributed by atoms with Crippen molar-refractivity contribution in [3.8, 4) is 0 Å². The number of hydrogen-bond donors (Lipinski definition) is 2. The van der Waals surface area contributed by atoms with Crippen molar-refractivity contribution >= 4 is 58.5 Å². The summed E-state index contributed by atoms with van der Waals surface area (Å²) in [7, 11) is 0. The molecule has 1 saturated heterocycles. The van der Waals surface area contributed by atoms with Crippen LogP contribution in [0.1, 0.15) is 20.8 Å². The third-order valence-corrected chi connectivity index (χ3v) is 3.76. The summed E-state index contributed by atoms with van der Waals surface area (Å²) in [6.07, 6.45) is 0. The lowest BCUT2D eigenvalue weighted by Crippen LogP contribution is -2.40. The molecule has 8 nitrogen and oxygen atoms in total. The first-order valence-corrected chi connectivity index (χ1v) is 7.99. The molecule has 0 radical (unpaired) electrons. The molecule has 0 atom stereocenters. The summed E-state index contributed by atoms with van der Waals surface area (Å²) in [5, 5.41) is 5.43. The Balaban J connectivity index is 2.45. The summed E-state index contributed by atoms with van der Waals surface area (Å²) >= 11 is 11.8. The standard InChI is InChI=1S/C15H15Cl2N5O3/c1-7(2)22-13(25)12(24)20-15(22)21-14(18-8(3)23)19-9-4-5-10(16)11(17)6-9/h4-7H,1-3H3,(H2,18,19,20,21,23,24). The minimum atomic E-state index is -0.802. The maximum atomic E-state index is 11.9. The Morgan fingerprint density at radius 2 is 1.92 bits per heavy atom. The lowest BCUT2D eigenvalue weighted by Gasteiger charge is -2.18. The fraction of sp³-hybridized carbons (Fsp3) is 0.267. The van der Waals surface area contributed by atoms with E-state index in [0.717, 1.165) is 0 Å². The smallest absolute Gasteiger partial charge is 0.295 e. The van der Waals surface area contributed by atoms with Gasteiger partial charge in [-0.25, -0.2) is 4.99 Å². The maximum Gasteiger partial charge on any atom is 0.319 e. The fourth-order valence-corrected chi connectivity index (χ4v) is 2.29. The molecule has 1 aromatic rings. The first-order chi connectivity index (χ1) is 11.7. The molecule has 1 fully saturated rings. The van der Waals surface area contributed by atoms with Crippen LogP contribution < -0.4 is 10.6 Å². The Morgan fingerprint density at radius 1 is 1.24 bits per heavy atom. The highest BCUT2D eigenvalue weighted by atomic mass is 35.5. The average Bonchev–Trinajstić information content (AvgIpc) is 2.77. The van der Waals surface area contributed by atoms with Gasteiger partial charge >= 0.3 is 11.8 Å². The molecule has 0 aliphatic carbocycles. The number of carbonyl (C=O) groups is 3. The van der Waals surface area contributed by atoms with Gasteiger partial charge in [-0.3, -0.25) is 29.9 Å². The Bertz CT molecular complexity index is 804. The van der Waals surface area contributed by atoms with Crippen molar-refractivity contribution in [2.24, 2.45) is 9.98 Å². The monoisotopic (exact) mass is 383 g/mol. The van der Waals surface area contributed by atoms with Gasteiger partial charge < -0.3 is 0 Å². The van der Waals surface area contributed by atoms with Gasteiger partial charge in [0.05, 0.1) is 15.7 Å². The predicted molar refractivity (Wildman–Crippen MR) is 94.9 cm³/mol. The van der Waals surface area contributed by atoms with E-state index in [1.54, 1.807) is 26.0 Å². The van der Waals surface area contributed by atoms with E-state index in [0.29, 0.717) is 10.7 Å². The van der Waals surface area contributed by atoms with Crippen molar-refractivity contribution in [3.05, 3.63) is 28.2 Å². The molecule has 25 heavy (non-hydrogen) atoms. The number of nitrogens with zero attached hydrogens (tertiary/aromatic N) is 3. The third kappa shape index (κ3) is 4.55. The molecule has 1 aliphatic heterocycles. The van der Waals surface area contributed by atoms with E-state index in [-0.39, 0.29) is 23.0 Å². The molecule has 2 rings (SSSR count). The lowest BCUT2D eigenvalue weighted by molar-refractivity contribution is -0.140. The van der Waals surface area contributed by atoms with Crippen molar-refractivity contribution in [2.75, 3.05) is 0 Å². The van der Waals surface area contributed by atoms with Gasteiger partial charge in [0.2, 0.25) is 17.8 Å². The Morgan fingerprint density at radius 3 is 2.48 bits per heavy atom. The van der Waals surface area contributed by atoms with Gasteiger partial charge in [0, 0.05) is 13.0 Å². The second-order valence-electron chi connectivity index (χ2n) is 5.37.